The Hall–Kier alpha value is -2.16. The van der Waals surface area contributed by atoms with Gasteiger partial charge >= 0.3 is 0 Å². The van der Waals surface area contributed by atoms with Gasteiger partial charge in [-0.3, -0.25) is 4.79 Å². The van der Waals surface area contributed by atoms with E-state index in [-0.39, 0.29) is 23.0 Å². The van der Waals surface area contributed by atoms with Gasteiger partial charge in [0.2, 0.25) is 10.0 Å². The van der Waals surface area contributed by atoms with Gasteiger partial charge in [-0.25, -0.2) is 8.42 Å². The summed E-state index contributed by atoms with van der Waals surface area (Å²) >= 11 is 0. The Kier molecular flexibility index (Phi) is 4.94. The SMILES string of the molecule is C[C@@H]1CN(S(=O)(=O)c2ccc(NC(=O)c3ccoc3)cc2)C[C@H](C)O1. The van der Waals surface area contributed by atoms with Crippen molar-refractivity contribution < 1.29 is 22.4 Å². The zero-order valence-corrected chi connectivity index (χ0v) is 14.8. The number of furan rings is 1. The molecule has 1 saturated heterocycles. The summed E-state index contributed by atoms with van der Waals surface area (Å²) in [4.78, 5) is 12.2. The zero-order chi connectivity index (χ0) is 18.0. The molecule has 134 valence electrons. The second-order valence-corrected chi connectivity index (χ2v) is 8.01. The molecule has 1 aliphatic rings. The van der Waals surface area contributed by atoms with E-state index in [0.717, 1.165) is 0 Å². The fourth-order valence-electron chi connectivity index (χ4n) is 2.78. The normalized spacial score (nSPS) is 21.8. The Bertz CT molecular complexity index is 820. The Labute approximate surface area is 146 Å². The summed E-state index contributed by atoms with van der Waals surface area (Å²) in [5, 5.41) is 2.69. The molecule has 0 radical (unpaired) electrons. The fourth-order valence-corrected chi connectivity index (χ4v) is 4.37. The van der Waals surface area contributed by atoms with E-state index in [0.29, 0.717) is 24.3 Å². The van der Waals surface area contributed by atoms with Gasteiger partial charge < -0.3 is 14.5 Å². The summed E-state index contributed by atoms with van der Waals surface area (Å²) < 4.78 is 37.4. The molecule has 1 aromatic heterocycles. The number of carbonyl (C=O) groups is 1. The van der Waals surface area contributed by atoms with Gasteiger partial charge in [0.1, 0.15) is 6.26 Å². The van der Waals surface area contributed by atoms with Crippen LogP contribution in [0.5, 0.6) is 0 Å². The highest BCUT2D eigenvalue weighted by Crippen LogP contribution is 2.22. The number of morpholine rings is 1. The Balaban J connectivity index is 1.74. The Morgan fingerprint density at radius 3 is 2.32 bits per heavy atom. The van der Waals surface area contributed by atoms with Gasteiger partial charge in [0.15, 0.2) is 0 Å². The third kappa shape index (κ3) is 3.92. The average Bonchev–Trinajstić information content (AvgIpc) is 3.09. The lowest BCUT2D eigenvalue weighted by molar-refractivity contribution is -0.0440. The maximum atomic E-state index is 12.8. The molecule has 1 fully saturated rings. The second kappa shape index (κ2) is 6.99. The summed E-state index contributed by atoms with van der Waals surface area (Å²) in [7, 11) is -3.59. The van der Waals surface area contributed by atoms with Gasteiger partial charge in [0.05, 0.1) is 28.9 Å². The van der Waals surface area contributed by atoms with Gasteiger partial charge in [-0.15, -0.1) is 0 Å². The molecular formula is C17H20N2O5S. The molecule has 1 aliphatic heterocycles. The minimum atomic E-state index is -3.59. The summed E-state index contributed by atoms with van der Waals surface area (Å²) in [5.74, 6) is -0.319. The Morgan fingerprint density at radius 2 is 1.76 bits per heavy atom. The molecule has 0 saturated carbocycles. The van der Waals surface area contributed by atoms with Crippen LogP contribution < -0.4 is 5.32 Å². The molecule has 3 rings (SSSR count). The first-order chi connectivity index (χ1) is 11.9. The monoisotopic (exact) mass is 364 g/mol. The number of nitrogens with zero attached hydrogens (tertiary/aromatic N) is 1. The minimum Gasteiger partial charge on any atom is -0.472 e. The van der Waals surface area contributed by atoms with E-state index >= 15 is 0 Å². The lowest BCUT2D eigenvalue weighted by atomic mass is 10.3. The van der Waals surface area contributed by atoms with E-state index in [2.05, 4.69) is 5.32 Å². The molecule has 8 heteroatoms. The van der Waals surface area contributed by atoms with Crippen LogP contribution in [-0.4, -0.2) is 43.9 Å². The molecular weight excluding hydrogens is 344 g/mol. The van der Waals surface area contributed by atoms with Crippen molar-refractivity contribution >= 4 is 21.6 Å². The van der Waals surface area contributed by atoms with Crippen molar-refractivity contribution in [2.45, 2.75) is 31.0 Å². The Morgan fingerprint density at radius 1 is 1.12 bits per heavy atom. The van der Waals surface area contributed by atoms with Crippen LogP contribution in [0.25, 0.3) is 0 Å². The van der Waals surface area contributed by atoms with E-state index in [9.17, 15) is 13.2 Å². The zero-order valence-electron chi connectivity index (χ0n) is 14.0. The maximum absolute atomic E-state index is 12.8. The number of anilines is 1. The summed E-state index contributed by atoms with van der Waals surface area (Å²) in [6.45, 7) is 4.36. The molecule has 1 N–H and O–H groups in total. The van der Waals surface area contributed by atoms with Crippen molar-refractivity contribution in [3.8, 4) is 0 Å². The van der Waals surface area contributed by atoms with E-state index in [4.69, 9.17) is 9.15 Å². The molecule has 7 nitrogen and oxygen atoms in total. The minimum absolute atomic E-state index is 0.146. The standard InChI is InChI=1S/C17H20N2O5S/c1-12-9-19(10-13(2)24-12)25(21,22)16-5-3-15(4-6-16)18-17(20)14-7-8-23-11-14/h3-8,11-13H,9-10H2,1-2H3,(H,18,20)/t12-,13+. The summed E-state index contributed by atoms with van der Waals surface area (Å²) in [5.41, 5.74) is 0.904. The first kappa shape index (κ1) is 17.7. The highest BCUT2D eigenvalue weighted by Gasteiger charge is 2.32. The molecule has 0 bridgehead atoms. The quantitative estimate of drug-likeness (QED) is 0.899. The third-order valence-electron chi connectivity index (χ3n) is 3.92. The predicted molar refractivity (Wildman–Crippen MR) is 91.9 cm³/mol. The number of sulfonamides is 1. The lowest BCUT2D eigenvalue weighted by Gasteiger charge is -2.34. The number of amides is 1. The van der Waals surface area contributed by atoms with Crippen LogP contribution in [0.3, 0.4) is 0 Å². The van der Waals surface area contributed by atoms with Gasteiger partial charge in [-0.1, -0.05) is 0 Å². The highest BCUT2D eigenvalue weighted by molar-refractivity contribution is 7.89. The first-order valence-corrected chi connectivity index (χ1v) is 9.39. The van der Waals surface area contributed by atoms with Gasteiger partial charge in [0, 0.05) is 18.8 Å². The number of ether oxygens (including phenoxy) is 1. The number of benzene rings is 1. The second-order valence-electron chi connectivity index (χ2n) is 6.07. The van der Waals surface area contributed by atoms with E-state index in [1.807, 2.05) is 13.8 Å². The van der Waals surface area contributed by atoms with Crippen molar-refractivity contribution in [1.29, 1.82) is 0 Å². The topological polar surface area (TPSA) is 88.9 Å². The van der Waals surface area contributed by atoms with Crippen LogP contribution in [0.15, 0.2) is 52.2 Å². The maximum Gasteiger partial charge on any atom is 0.258 e. The van der Waals surface area contributed by atoms with Crippen molar-refractivity contribution in [1.82, 2.24) is 4.31 Å². The lowest BCUT2D eigenvalue weighted by Crippen LogP contribution is -2.48. The van der Waals surface area contributed by atoms with Crippen LogP contribution in [0.2, 0.25) is 0 Å². The van der Waals surface area contributed by atoms with E-state index < -0.39 is 10.0 Å². The molecule has 1 aromatic carbocycles. The molecule has 0 aliphatic carbocycles. The van der Waals surface area contributed by atoms with Crippen molar-refractivity contribution in [3.05, 3.63) is 48.4 Å². The van der Waals surface area contributed by atoms with Crippen LogP contribution >= 0.6 is 0 Å². The predicted octanol–water partition coefficient (Wildman–Crippen LogP) is 2.33. The fraction of sp³-hybridized carbons (Fsp3) is 0.353. The first-order valence-electron chi connectivity index (χ1n) is 7.95. The van der Waals surface area contributed by atoms with E-state index in [1.54, 1.807) is 18.2 Å². The van der Waals surface area contributed by atoms with Crippen molar-refractivity contribution in [2.75, 3.05) is 18.4 Å². The van der Waals surface area contributed by atoms with Gasteiger partial charge in [-0.2, -0.15) is 4.31 Å². The number of hydrogen-bond donors (Lipinski definition) is 1. The number of rotatable bonds is 4. The summed E-state index contributed by atoms with van der Waals surface area (Å²) in [6, 6.07) is 7.67. The molecule has 2 atom stereocenters. The van der Waals surface area contributed by atoms with Crippen molar-refractivity contribution in [2.24, 2.45) is 0 Å². The van der Waals surface area contributed by atoms with Gasteiger partial charge in [0.25, 0.3) is 5.91 Å². The average molecular weight is 364 g/mol. The van der Waals surface area contributed by atoms with Crippen LogP contribution in [-0.2, 0) is 14.8 Å². The molecule has 2 aromatic rings. The molecule has 2 heterocycles. The van der Waals surface area contributed by atoms with Crippen LogP contribution in [0.4, 0.5) is 5.69 Å². The highest BCUT2D eigenvalue weighted by atomic mass is 32.2. The number of nitrogens with one attached hydrogen (secondary N) is 1. The molecule has 0 spiro atoms. The van der Waals surface area contributed by atoms with E-state index in [1.165, 1.54) is 29.0 Å². The van der Waals surface area contributed by atoms with Crippen LogP contribution in [0.1, 0.15) is 24.2 Å². The summed E-state index contributed by atoms with van der Waals surface area (Å²) in [6.07, 6.45) is 2.46. The largest absolute Gasteiger partial charge is 0.472 e. The number of hydrogen-bond acceptors (Lipinski definition) is 5. The molecule has 25 heavy (non-hydrogen) atoms. The molecule has 0 unspecified atom stereocenters. The molecule has 1 amide bonds. The van der Waals surface area contributed by atoms with Crippen LogP contribution in [0, 0.1) is 0 Å². The number of carbonyl (C=O) groups excluding carboxylic acids is 1. The third-order valence-corrected chi connectivity index (χ3v) is 5.77. The van der Waals surface area contributed by atoms with Gasteiger partial charge in [-0.05, 0) is 44.2 Å². The van der Waals surface area contributed by atoms with Crippen molar-refractivity contribution in [3.63, 3.8) is 0 Å². The smallest absolute Gasteiger partial charge is 0.258 e.